The summed E-state index contributed by atoms with van der Waals surface area (Å²) in [4.78, 5) is 12.5. The number of carbonyl (C=O) groups is 1. The normalized spacial score (nSPS) is 15.1. The van der Waals surface area contributed by atoms with Gasteiger partial charge in [0, 0.05) is 17.9 Å². The molecule has 0 aliphatic carbocycles. The predicted octanol–water partition coefficient (Wildman–Crippen LogP) is 3.90. The topological polar surface area (TPSA) is 65.4 Å². The molecule has 0 saturated carbocycles. The first kappa shape index (κ1) is 19.5. The van der Waals surface area contributed by atoms with Crippen LogP contribution in [0.15, 0.2) is 48.7 Å². The minimum absolute atomic E-state index is 0.123. The number of benzene rings is 2. The van der Waals surface area contributed by atoms with Crippen LogP contribution in [0.2, 0.25) is 0 Å². The van der Waals surface area contributed by atoms with Gasteiger partial charge in [0.05, 0.1) is 18.5 Å². The lowest BCUT2D eigenvalue weighted by Crippen LogP contribution is -2.24. The van der Waals surface area contributed by atoms with Crippen LogP contribution in [0.5, 0.6) is 11.5 Å². The first-order valence-electron chi connectivity index (χ1n) is 9.57. The Hall–Kier alpha value is -3.79. The standard InChI is InChI=1S/C23H20FN3O3/c1-3-11-30-20-10-5-15(12-21(20)29-4-2)18-13-22(28)26-23-19(18)14-25-27(23)17-8-6-16(24)7-9-17/h1,5-10,12,14,18H,4,11,13H2,2H3,(H,26,28). The summed E-state index contributed by atoms with van der Waals surface area (Å²) in [5.41, 5.74) is 2.44. The van der Waals surface area contributed by atoms with Gasteiger partial charge in [-0.05, 0) is 48.9 Å². The quantitative estimate of drug-likeness (QED) is 0.632. The van der Waals surface area contributed by atoms with Crippen molar-refractivity contribution in [1.29, 1.82) is 0 Å². The molecule has 4 rings (SSSR count). The van der Waals surface area contributed by atoms with Crippen molar-refractivity contribution in [3.8, 4) is 29.5 Å². The number of halogens is 1. The third-order valence-electron chi connectivity index (χ3n) is 4.87. The van der Waals surface area contributed by atoms with E-state index < -0.39 is 0 Å². The molecule has 7 heteroatoms. The Balaban J connectivity index is 1.73. The lowest BCUT2D eigenvalue weighted by Gasteiger charge is -2.24. The highest BCUT2D eigenvalue weighted by Crippen LogP contribution is 2.40. The highest BCUT2D eigenvalue weighted by atomic mass is 19.1. The van der Waals surface area contributed by atoms with E-state index in [1.165, 1.54) is 12.1 Å². The smallest absolute Gasteiger partial charge is 0.226 e. The summed E-state index contributed by atoms with van der Waals surface area (Å²) in [5.74, 6) is 3.48. The molecule has 2 heterocycles. The Morgan fingerprint density at radius 2 is 2.03 bits per heavy atom. The zero-order valence-corrected chi connectivity index (χ0v) is 16.4. The van der Waals surface area contributed by atoms with Crippen molar-refractivity contribution in [2.24, 2.45) is 0 Å². The number of amides is 1. The molecule has 152 valence electrons. The van der Waals surface area contributed by atoms with Crippen molar-refractivity contribution in [3.63, 3.8) is 0 Å². The maximum absolute atomic E-state index is 13.3. The second-order valence-electron chi connectivity index (χ2n) is 6.77. The number of anilines is 1. The summed E-state index contributed by atoms with van der Waals surface area (Å²) in [7, 11) is 0. The second kappa shape index (κ2) is 8.29. The molecule has 3 aromatic rings. The van der Waals surface area contributed by atoms with Crippen LogP contribution in [-0.4, -0.2) is 28.9 Å². The summed E-state index contributed by atoms with van der Waals surface area (Å²) in [6.07, 6.45) is 7.29. The Morgan fingerprint density at radius 3 is 2.77 bits per heavy atom. The monoisotopic (exact) mass is 405 g/mol. The van der Waals surface area contributed by atoms with Gasteiger partial charge in [0.2, 0.25) is 5.91 Å². The fraction of sp³-hybridized carbons (Fsp3) is 0.217. The Bertz CT molecular complexity index is 1120. The molecular weight excluding hydrogens is 385 g/mol. The summed E-state index contributed by atoms with van der Waals surface area (Å²) in [6.45, 7) is 2.49. The Kier molecular flexibility index (Phi) is 5.40. The largest absolute Gasteiger partial charge is 0.490 e. The number of hydrogen-bond acceptors (Lipinski definition) is 4. The number of carbonyl (C=O) groups excluding carboxylic acids is 1. The molecule has 0 bridgehead atoms. The van der Waals surface area contributed by atoms with Crippen LogP contribution in [0.1, 0.15) is 30.4 Å². The van der Waals surface area contributed by atoms with Crippen LogP contribution in [0.4, 0.5) is 10.2 Å². The zero-order chi connectivity index (χ0) is 21.1. The van der Waals surface area contributed by atoms with Gasteiger partial charge in [-0.3, -0.25) is 4.79 Å². The Labute approximate surface area is 173 Å². The van der Waals surface area contributed by atoms with Crippen LogP contribution in [-0.2, 0) is 4.79 Å². The van der Waals surface area contributed by atoms with Gasteiger partial charge < -0.3 is 14.8 Å². The molecule has 0 spiro atoms. The van der Waals surface area contributed by atoms with Crippen molar-refractivity contribution in [2.75, 3.05) is 18.5 Å². The lowest BCUT2D eigenvalue weighted by atomic mass is 9.87. The van der Waals surface area contributed by atoms with Gasteiger partial charge in [-0.15, -0.1) is 6.42 Å². The van der Waals surface area contributed by atoms with Crippen LogP contribution in [0.3, 0.4) is 0 Å². The highest BCUT2D eigenvalue weighted by Gasteiger charge is 2.31. The van der Waals surface area contributed by atoms with Gasteiger partial charge in [-0.25, -0.2) is 9.07 Å². The van der Waals surface area contributed by atoms with E-state index in [-0.39, 0.29) is 30.7 Å². The molecule has 2 aromatic carbocycles. The van der Waals surface area contributed by atoms with Gasteiger partial charge in [0.15, 0.2) is 11.5 Å². The maximum Gasteiger partial charge on any atom is 0.226 e. The average Bonchev–Trinajstić information content (AvgIpc) is 3.16. The molecule has 0 fully saturated rings. The molecule has 0 radical (unpaired) electrons. The number of rotatable bonds is 6. The van der Waals surface area contributed by atoms with E-state index >= 15 is 0 Å². The molecule has 6 nitrogen and oxygen atoms in total. The summed E-state index contributed by atoms with van der Waals surface area (Å²) < 4.78 is 26.2. The summed E-state index contributed by atoms with van der Waals surface area (Å²) >= 11 is 0. The van der Waals surface area contributed by atoms with Crippen LogP contribution < -0.4 is 14.8 Å². The molecule has 1 unspecified atom stereocenters. The van der Waals surface area contributed by atoms with Gasteiger partial charge in [0.25, 0.3) is 0 Å². The van der Waals surface area contributed by atoms with Crippen LogP contribution in [0.25, 0.3) is 5.69 Å². The van der Waals surface area contributed by atoms with Crippen molar-refractivity contribution >= 4 is 11.7 Å². The molecule has 1 aliphatic rings. The van der Waals surface area contributed by atoms with Crippen LogP contribution >= 0.6 is 0 Å². The van der Waals surface area contributed by atoms with Crippen molar-refractivity contribution < 1.29 is 18.7 Å². The van der Waals surface area contributed by atoms with Crippen molar-refractivity contribution in [3.05, 3.63) is 65.6 Å². The summed E-state index contributed by atoms with van der Waals surface area (Å²) in [5, 5.41) is 7.32. The van der Waals surface area contributed by atoms with Crippen molar-refractivity contribution in [2.45, 2.75) is 19.3 Å². The number of aromatic nitrogens is 2. The van der Waals surface area contributed by atoms with Gasteiger partial charge in [-0.2, -0.15) is 5.10 Å². The van der Waals surface area contributed by atoms with Gasteiger partial charge in [0.1, 0.15) is 18.2 Å². The van der Waals surface area contributed by atoms with Crippen molar-refractivity contribution in [1.82, 2.24) is 9.78 Å². The van der Waals surface area contributed by atoms with Gasteiger partial charge >= 0.3 is 0 Å². The lowest BCUT2D eigenvalue weighted by molar-refractivity contribution is -0.116. The fourth-order valence-corrected chi connectivity index (χ4v) is 3.54. The van der Waals surface area contributed by atoms with E-state index in [9.17, 15) is 9.18 Å². The highest BCUT2D eigenvalue weighted by molar-refractivity contribution is 5.94. The van der Waals surface area contributed by atoms with E-state index in [2.05, 4.69) is 16.3 Å². The average molecular weight is 405 g/mol. The molecule has 1 aliphatic heterocycles. The molecule has 1 atom stereocenters. The minimum atomic E-state index is -0.336. The molecule has 30 heavy (non-hydrogen) atoms. The SMILES string of the molecule is C#CCOc1ccc(C2CC(=O)Nc3c2cnn3-c2ccc(F)cc2)cc1OCC. The third-order valence-corrected chi connectivity index (χ3v) is 4.87. The van der Waals surface area contributed by atoms with E-state index in [4.69, 9.17) is 15.9 Å². The fourth-order valence-electron chi connectivity index (χ4n) is 3.54. The number of fused-ring (bicyclic) bond motifs is 1. The van der Waals surface area contributed by atoms with E-state index in [0.29, 0.717) is 29.6 Å². The number of ether oxygens (including phenoxy) is 2. The maximum atomic E-state index is 13.3. The zero-order valence-electron chi connectivity index (χ0n) is 16.4. The molecular formula is C23H20FN3O3. The third kappa shape index (κ3) is 3.72. The molecule has 0 saturated heterocycles. The number of terminal acetylenes is 1. The van der Waals surface area contributed by atoms with Crippen LogP contribution in [0, 0.1) is 18.2 Å². The number of nitrogens with zero attached hydrogens (tertiary/aromatic N) is 2. The minimum Gasteiger partial charge on any atom is -0.490 e. The first-order valence-corrected chi connectivity index (χ1v) is 9.57. The number of nitrogens with one attached hydrogen (secondary N) is 1. The Morgan fingerprint density at radius 1 is 1.23 bits per heavy atom. The van der Waals surface area contributed by atoms with E-state index in [1.807, 2.05) is 19.1 Å². The first-order chi connectivity index (χ1) is 14.6. The van der Waals surface area contributed by atoms with Gasteiger partial charge in [-0.1, -0.05) is 12.0 Å². The molecule has 1 amide bonds. The molecule has 1 aromatic heterocycles. The van der Waals surface area contributed by atoms with E-state index in [1.54, 1.807) is 29.1 Å². The summed E-state index contributed by atoms with van der Waals surface area (Å²) in [6, 6.07) is 11.5. The molecule has 1 N–H and O–H groups in total. The second-order valence-corrected chi connectivity index (χ2v) is 6.77. The van der Waals surface area contributed by atoms with E-state index in [0.717, 1.165) is 11.1 Å². The predicted molar refractivity (Wildman–Crippen MR) is 111 cm³/mol. The number of hydrogen-bond donors (Lipinski definition) is 1.